The molecular formula is C17H21NO3. The molecule has 1 atom stereocenters. The number of benzene rings is 1. The molecule has 2 rings (SSSR count). The molecule has 1 amide bonds. The summed E-state index contributed by atoms with van der Waals surface area (Å²) in [6, 6.07) is 7.12. The third kappa shape index (κ3) is 3.32. The number of rotatable bonds is 4. The molecule has 1 aliphatic rings. The molecule has 0 aliphatic carbocycles. The molecular weight excluding hydrogens is 266 g/mol. The van der Waals surface area contributed by atoms with Crippen LogP contribution in [0.5, 0.6) is 0 Å². The fourth-order valence-corrected chi connectivity index (χ4v) is 2.56. The fraction of sp³-hybridized carbons (Fsp3) is 0.412. The standard InChI is InChI=1S/C17H21NO3/c1-5-10-18-14(11-15(19)21-17(2,3)4)12-8-6-7-9-13(12)16(18)20/h5-9,14H,1,10-11H2,2-4H3. The van der Waals surface area contributed by atoms with E-state index in [9.17, 15) is 9.59 Å². The largest absolute Gasteiger partial charge is 0.460 e. The van der Waals surface area contributed by atoms with Crippen molar-refractivity contribution in [1.82, 2.24) is 4.90 Å². The number of carbonyl (C=O) groups excluding carboxylic acids is 2. The van der Waals surface area contributed by atoms with Crippen LogP contribution in [0.4, 0.5) is 0 Å². The smallest absolute Gasteiger partial charge is 0.308 e. The van der Waals surface area contributed by atoms with E-state index in [0.717, 1.165) is 5.56 Å². The van der Waals surface area contributed by atoms with Gasteiger partial charge in [-0.25, -0.2) is 0 Å². The summed E-state index contributed by atoms with van der Waals surface area (Å²) in [5.74, 6) is -0.356. The summed E-state index contributed by atoms with van der Waals surface area (Å²) in [4.78, 5) is 26.2. The third-order valence-electron chi connectivity index (χ3n) is 3.29. The van der Waals surface area contributed by atoms with Crippen molar-refractivity contribution in [2.24, 2.45) is 0 Å². The van der Waals surface area contributed by atoms with Crippen LogP contribution in [0, 0.1) is 0 Å². The van der Waals surface area contributed by atoms with E-state index in [0.29, 0.717) is 12.1 Å². The predicted octanol–water partition coefficient (Wildman–Crippen LogP) is 3.10. The third-order valence-corrected chi connectivity index (χ3v) is 3.29. The second kappa shape index (κ2) is 5.72. The van der Waals surface area contributed by atoms with Gasteiger partial charge in [0.15, 0.2) is 0 Å². The highest BCUT2D eigenvalue weighted by Gasteiger charge is 2.37. The van der Waals surface area contributed by atoms with E-state index in [1.165, 1.54) is 0 Å². The molecule has 0 fully saturated rings. The van der Waals surface area contributed by atoms with Gasteiger partial charge in [0, 0.05) is 12.1 Å². The Morgan fingerprint density at radius 1 is 1.38 bits per heavy atom. The summed E-state index contributed by atoms with van der Waals surface area (Å²) >= 11 is 0. The Bertz CT molecular complexity index is 572. The van der Waals surface area contributed by atoms with E-state index >= 15 is 0 Å². The molecule has 112 valence electrons. The average Bonchev–Trinajstić information content (AvgIpc) is 2.63. The Morgan fingerprint density at radius 2 is 2.05 bits per heavy atom. The molecule has 0 bridgehead atoms. The lowest BCUT2D eigenvalue weighted by Gasteiger charge is -2.25. The second-order valence-corrected chi connectivity index (χ2v) is 6.14. The number of amides is 1. The summed E-state index contributed by atoms with van der Waals surface area (Å²) in [7, 11) is 0. The first-order valence-corrected chi connectivity index (χ1v) is 7.06. The lowest BCUT2D eigenvalue weighted by Crippen LogP contribution is -2.31. The number of fused-ring (bicyclic) bond motifs is 1. The minimum Gasteiger partial charge on any atom is -0.460 e. The van der Waals surface area contributed by atoms with Crippen LogP contribution >= 0.6 is 0 Å². The maximum Gasteiger partial charge on any atom is 0.308 e. The monoisotopic (exact) mass is 287 g/mol. The van der Waals surface area contributed by atoms with Crippen molar-refractivity contribution in [3.8, 4) is 0 Å². The predicted molar refractivity (Wildman–Crippen MR) is 80.9 cm³/mol. The summed E-state index contributed by atoms with van der Waals surface area (Å²) in [5.41, 5.74) is 1.02. The lowest BCUT2D eigenvalue weighted by molar-refractivity contribution is -0.156. The first-order chi connectivity index (χ1) is 9.83. The Morgan fingerprint density at radius 3 is 2.67 bits per heavy atom. The van der Waals surface area contributed by atoms with Gasteiger partial charge in [-0.1, -0.05) is 24.3 Å². The van der Waals surface area contributed by atoms with Crippen molar-refractivity contribution >= 4 is 11.9 Å². The molecule has 21 heavy (non-hydrogen) atoms. The highest BCUT2D eigenvalue weighted by atomic mass is 16.6. The zero-order valence-electron chi connectivity index (χ0n) is 12.8. The molecule has 0 saturated heterocycles. The van der Waals surface area contributed by atoms with Gasteiger partial charge in [0.05, 0.1) is 12.5 Å². The first-order valence-electron chi connectivity index (χ1n) is 7.06. The Labute approximate surface area is 125 Å². The maximum atomic E-state index is 12.4. The number of carbonyl (C=O) groups is 2. The van der Waals surface area contributed by atoms with Gasteiger partial charge in [-0.2, -0.15) is 0 Å². The minimum atomic E-state index is -0.525. The summed E-state index contributed by atoms with van der Waals surface area (Å²) < 4.78 is 5.37. The molecule has 0 saturated carbocycles. The van der Waals surface area contributed by atoms with Gasteiger partial charge < -0.3 is 9.64 Å². The zero-order chi connectivity index (χ0) is 15.6. The van der Waals surface area contributed by atoms with Gasteiger partial charge in [0.25, 0.3) is 5.91 Å². The molecule has 0 spiro atoms. The van der Waals surface area contributed by atoms with E-state index in [2.05, 4.69) is 6.58 Å². The SMILES string of the molecule is C=CCN1C(=O)c2ccccc2C1CC(=O)OC(C)(C)C. The molecule has 4 heteroatoms. The topological polar surface area (TPSA) is 46.6 Å². The quantitative estimate of drug-likeness (QED) is 0.631. The molecule has 1 aromatic carbocycles. The Kier molecular flexibility index (Phi) is 4.16. The van der Waals surface area contributed by atoms with Crippen molar-refractivity contribution in [2.75, 3.05) is 6.54 Å². The van der Waals surface area contributed by atoms with E-state index < -0.39 is 5.60 Å². The van der Waals surface area contributed by atoms with Crippen LogP contribution < -0.4 is 0 Å². The number of hydrogen-bond donors (Lipinski definition) is 0. The van der Waals surface area contributed by atoms with Crippen LogP contribution in [-0.2, 0) is 9.53 Å². The van der Waals surface area contributed by atoms with Crippen molar-refractivity contribution in [1.29, 1.82) is 0 Å². The van der Waals surface area contributed by atoms with Crippen LogP contribution in [0.3, 0.4) is 0 Å². The first kappa shape index (κ1) is 15.3. The van der Waals surface area contributed by atoms with Crippen LogP contribution in [0.2, 0.25) is 0 Å². The molecule has 0 aromatic heterocycles. The van der Waals surface area contributed by atoms with Crippen LogP contribution in [-0.4, -0.2) is 28.9 Å². The van der Waals surface area contributed by atoms with Crippen LogP contribution in [0.25, 0.3) is 0 Å². The normalized spacial score (nSPS) is 17.6. The van der Waals surface area contributed by atoms with E-state index in [1.54, 1.807) is 17.0 Å². The molecule has 4 nitrogen and oxygen atoms in total. The highest BCUT2D eigenvalue weighted by molar-refractivity contribution is 5.99. The van der Waals surface area contributed by atoms with Gasteiger partial charge in [0.1, 0.15) is 5.60 Å². The average molecular weight is 287 g/mol. The molecule has 1 aliphatic heterocycles. The van der Waals surface area contributed by atoms with Gasteiger partial charge in [0.2, 0.25) is 0 Å². The van der Waals surface area contributed by atoms with E-state index in [4.69, 9.17) is 4.74 Å². The number of hydrogen-bond acceptors (Lipinski definition) is 3. The van der Waals surface area contributed by atoms with Crippen LogP contribution in [0.15, 0.2) is 36.9 Å². The van der Waals surface area contributed by atoms with Crippen molar-refractivity contribution in [3.63, 3.8) is 0 Å². The van der Waals surface area contributed by atoms with Crippen molar-refractivity contribution < 1.29 is 14.3 Å². The van der Waals surface area contributed by atoms with E-state index in [1.807, 2.05) is 39.0 Å². The molecule has 1 heterocycles. The molecule has 1 unspecified atom stereocenters. The minimum absolute atomic E-state index is 0.0564. The number of nitrogens with zero attached hydrogens (tertiary/aromatic N) is 1. The van der Waals surface area contributed by atoms with Gasteiger partial charge in [-0.15, -0.1) is 6.58 Å². The molecule has 0 radical (unpaired) electrons. The highest BCUT2D eigenvalue weighted by Crippen LogP contribution is 2.36. The van der Waals surface area contributed by atoms with Crippen LogP contribution in [0.1, 0.15) is 49.2 Å². The number of ether oxygens (including phenoxy) is 1. The number of esters is 1. The van der Waals surface area contributed by atoms with Crippen molar-refractivity contribution in [2.45, 2.75) is 38.8 Å². The van der Waals surface area contributed by atoms with Gasteiger partial charge >= 0.3 is 5.97 Å². The fourth-order valence-electron chi connectivity index (χ4n) is 2.56. The summed E-state index contributed by atoms with van der Waals surface area (Å²) in [5, 5.41) is 0. The second-order valence-electron chi connectivity index (χ2n) is 6.14. The van der Waals surface area contributed by atoms with E-state index in [-0.39, 0.29) is 24.3 Å². The van der Waals surface area contributed by atoms with Crippen molar-refractivity contribution in [3.05, 3.63) is 48.0 Å². The van der Waals surface area contributed by atoms with Gasteiger partial charge in [-0.05, 0) is 32.4 Å². The summed E-state index contributed by atoms with van der Waals surface area (Å²) in [6.07, 6.45) is 1.83. The molecule has 0 N–H and O–H groups in total. The summed E-state index contributed by atoms with van der Waals surface area (Å²) in [6.45, 7) is 9.60. The molecule has 1 aromatic rings. The Hall–Kier alpha value is -2.10. The maximum absolute atomic E-state index is 12.4. The zero-order valence-corrected chi connectivity index (χ0v) is 12.8. The Balaban J connectivity index is 2.24. The lowest BCUT2D eigenvalue weighted by atomic mass is 10.0. The van der Waals surface area contributed by atoms with Gasteiger partial charge in [-0.3, -0.25) is 9.59 Å².